The van der Waals surface area contributed by atoms with Crippen LogP contribution in [0.25, 0.3) is 0 Å². The SMILES string of the molecule is CCNc1cc(NC2CN3CCC2CC3)ccn1. The lowest BCUT2D eigenvalue weighted by Crippen LogP contribution is -2.53. The largest absolute Gasteiger partial charge is 0.381 e. The highest BCUT2D eigenvalue weighted by Gasteiger charge is 2.33. The van der Waals surface area contributed by atoms with Crippen LogP contribution >= 0.6 is 0 Å². The van der Waals surface area contributed by atoms with E-state index in [1.807, 2.05) is 6.20 Å². The Morgan fingerprint density at radius 1 is 1.39 bits per heavy atom. The third-order valence-electron chi connectivity index (χ3n) is 4.13. The quantitative estimate of drug-likeness (QED) is 0.852. The number of nitrogens with one attached hydrogen (secondary N) is 2. The zero-order chi connectivity index (χ0) is 12.4. The van der Waals surface area contributed by atoms with E-state index in [1.165, 1.54) is 38.2 Å². The fourth-order valence-electron chi connectivity index (χ4n) is 3.14. The number of fused-ring (bicyclic) bond motifs is 3. The molecule has 4 heterocycles. The molecule has 1 unspecified atom stereocenters. The van der Waals surface area contributed by atoms with E-state index in [9.17, 15) is 0 Å². The maximum absolute atomic E-state index is 4.31. The zero-order valence-corrected chi connectivity index (χ0v) is 11.0. The lowest BCUT2D eigenvalue weighted by Gasteiger charge is -2.45. The molecule has 1 aromatic heterocycles. The summed E-state index contributed by atoms with van der Waals surface area (Å²) < 4.78 is 0. The average Bonchev–Trinajstić information content (AvgIpc) is 2.41. The molecule has 4 nitrogen and oxygen atoms in total. The second kappa shape index (κ2) is 5.14. The third kappa shape index (κ3) is 2.43. The highest BCUT2D eigenvalue weighted by molar-refractivity contribution is 5.52. The Morgan fingerprint density at radius 3 is 2.89 bits per heavy atom. The van der Waals surface area contributed by atoms with Crippen molar-refractivity contribution in [3.8, 4) is 0 Å². The van der Waals surface area contributed by atoms with E-state index in [-0.39, 0.29) is 0 Å². The molecule has 0 aliphatic carbocycles. The number of rotatable bonds is 4. The van der Waals surface area contributed by atoms with Crippen molar-refractivity contribution < 1.29 is 0 Å². The van der Waals surface area contributed by atoms with Crippen LogP contribution in [-0.4, -0.2) is 42.1 Å². The van der Waals surface area contributed by atoms with Gasteiger partial charge < -0.3 is 15.5 Å². The van der Waals surface area contributed by atoms with Gasteiger partial charge in [-0.05, 0) is 44.8 Å². The first-order valence-electron chi connectivity index (χ1n) is 7.04. The van der Waals surface area contributed by atoms with Crippen LogP contribution in [0.4, 0.5) is 11.5 Å². The van der Waals surface area contributed by atoms with E-state index < -0.39 is 0 Å². The number of aromatic nitrogens is 1. The summed E-state index contributed by atoms with van der Waals surface area (Å²) in [5.41, 5.74) is 1.19. The minimum absolute atomic E-state index is 0.615. The molecule has 0 amide bonds. The molecule has 1 atom stereocenters. The summed E-state index contributed by atoms with van der Waals surface area (Å²) in [5, 5.41) is 6.95. The minimum atomic E-state index is 0.615. The fourth-order valence-corrected chi connectivity index (χ4v) is 3.14. The molecule has 3 aliphatic rings. The Bertz CT molecular complexity index is 399. The summed E-state index contributed by atoms with van der Waals surface area (Å²) in [7, 11) is 0. The van der Waals surface area contributed by atoms with Crippen LogP contribution in [0, 0.1) is 5.92 Å². The Morgan fingerprint density at radius 2 is 2.22 bits per heavy atom. The Hall–Kier alpha value is -1.29. The number of hydrogen-bond donors (Lipinski definition) is 2. The lowest BCUT2D eigenvalue weighted by molar-refractivity contribution is 0.0975. The molecule has 98 valence electrons. The van der Waals surface area contributed by atoms with Gasteiger partial charge in [-0.1, -0.05) is 0 Å². The average molecular weight is 246 g/mol. The van der Waals surface area contributed by atoms with Gasteiger partial charge in [0.1, 0.15) is 5.82 Å². The van der Waals surface area contributed by atoms with Crippen molar-refractivity contribution in [2.45, 2.75) is 25.8 Å². The van der Waals surface area contributed by atoms with Gasteiger partial charge in [-0.3, -0.25) is 0 Å². The van der Waals surface area contributed by atoms with Gasteiger partial charge in [-0.15, -0.1) is 0 Å². The lowest BCUT2D eigenvalue weighted by atomic mass is 9.84. The van der Waals surface area contributed by atoms with E-state index >= 15 is 0 Å². The van der Waals surface area contributed by atoms with Crippen molar-refractivity contribution in [1.29, 1.82) is 0 Å². The molecular weight excluding hydrogens is 224 g/mol. The van der Waals surface area contributed by atoms with Gasteiger partial charge >= 0.3 is 0 Å². The number of anilines is 2. The van der Waals surface area contributed by atoms with E-state index in [0.29, 0.717) is 6.04 Å². The second-order valence-electron chi connectivity index (χ2n) is 5.35. The maximum atomic E-state index is 4.31. The highest BCUT2D eigenvalue weighted by atomic mass is 15.2. The predicted molar refractivity (Wildman–Crippen MR) is 75.0 cm³/mol. The summed E-state index contributed by atoms with van der Waals surface area (Å²) in [6, 6.07) is 4.80. The standard InChI is InChI=1S/C14H22N4/c1-2-15-14-9-12(3-6-16-14)17-13-10-18-7-4-11(13)5-8-18/h3,6,9,11,13H,2,4-5,7-8,10H2,1H3,(H2,15,16,17). The van der Waals surface area contributed by atoms with E-state index in [2.05, 4.69) is 39.6 Å². The van der Waals surface area contributed by atoms with Crippen molar-refractivity contribution in [3.05, 3.63) is 18.3 Å². The van der Waals surface area contributed by atoms with E-state index in [0.717, 1.165) is 18.3 Å². The van der Waals surface area contributed by atoms with Gasteiger partial charge in [-0.2, -0.15) is 0 Å². The molecule has 0 saturated carbocycles. The number of hydrogen-bond acceptors (Lipinski definition) is 4. The summed E-state index contributed by atoms with van der Waals surface area (Å²) in [4.78, 5) is 6.88. The van der Waals surface area contributed by atoms with Gasteiger partial charge in [-0.25, -0.2) is 4.98 Å². The first kappa shape index (κ1) is 11.8. The molecule has 4 rings (SSSR count). The predicted octanol–water partition coefficient (Wildman–Crippen LogP) is 2.02. The Kier molecular flexibility index (Phi) is 3.37. The Balaban J connectivity index is 1.67. The molecule has 0 aromatic carbocycles. The van der Waals surface area contributed by atoms with Crippen LogP contribution in [-0.2, 0) is 0 Å². The summed E-state index contributed by atoms with van der Waals surface area (Å²) >= 11 is 0. The monoisotopic (exact) mass is 246 g/mol. The molecule has 1 aromatic rings. The highest BCUT2D eigenvalue weighted by Crippen LogP contribution is 2.29. The molecular formula is C14H22N4. The van der Waals surface area contributed by atoms with Crippen molar-refractivity contribution >= 4 is 11.5 Å². The molecule has 3 fully saturated rings. The normalized spacial score (nSPS) is 30.2. The van der Waals surface area contributed by atoms with Gasteiger partial charge in [0.25, 0.3) is 0 Å². The summed E-state index contributed by atoms with van der Waals surface area (Å²) in [6.45, 7) is 6.79. The molecule has 0 radical (unpaired) electrons. The molecule has 3 aliphatic heterocycles. The van der Waals surface area contributed by atoms with Crippen LogP contribution in [0.2, 0.25) is 0 Å². The summed E-state index contributed by atoms with van der Waals surface area (Å²) in [5.74, 6) is 1.81. The maximum Gasteiger partial charge on any atom is 0.127 e. The van der Waals surface area contributed by atoms with Crippen molar-refractivity contribution in [3.63, 3.8) is 0 Å². The fraction of sp³-hybridized carbons (Fsp3) is 0.643. The smallest absolute Gasteiger partial charge is 0.127 e. The molecule has 4 heteroatoms. The summed E-state index contributed by atoms with van der Waals surface area (Å²) in [6.07, 6.45) is 4.58. The number of pyridine rings is 1. The molecule has 2 N–H and O–H groups in total. The van der Waals surface area contributed by atoms with Crippen LogP contribution in [0.1, 0.15) is 19.8 Å². The van der Waals surface area contributed by atoms with Crippen molar-refractivity contribution in [2.24, 2.45) is 5.92 Å². The van der Waals surface area contributed by atoms with Crippen LogP contribution in [0.15, 0.2) is 18.3 Å². The molecule has 3 saturated heterocycles. The first-order valence-corrected chi connectivity index (χ1v) is 7.04. The molecule has 2 bridgehead atoms. The first-order chi connectivity index (χ1) is 8.85. The molecule has 0 spiro atoms. The second-order valence-corrected chi connectivity index (χ2v) is 5.35. The van der Waals surface area contributed by atoms with Gasteiger partial charge in [0.15, 0.2) is 0 Å². The topological polar surface area (TPSA) is 40.2 Å². The third-order valence-corrected chi connectivity index (χ3v) is 4.13. The zero-order valence-electron chi connectivity index (χ0n) is 11.0. The minimum Gasteiger partial charge on any atom is -0.381 e. The Labute approximate surface area is 109 Å². The van der Waals surface area contributed by atoms with E-state index in [1.54, 1.807) is 0 Å². The number of piperidine rings is 3. The van der Waals surface area contributed by atoms with Crippen molar-refractivity contribution in [2.75, 3.05) is 36.8 Å². The van der Waals surface area contributed by atoms with Crippen molar-refractivity contribution in [1.82, 2.24) is 9.88 Å². The van der Waals surface area contributed by atoms with E-state index in [4.69, 9.17) is 0 Å². The van der Waals surface area contributed by atoms with Crippen LogP contribution in [0.3, 0.4) is 0 Å². The number of nitrogens with zero attached hydrogens (tertiary/aromatic N) is 2. The van der Waals surface area contributed by atoms with Gasteiger partial charge in [0.2, 0.25) is 0 Å². The van der Waals surface area contributed by atoms with Gasteiger partial charge in [0.05, 0.1) is 0 Å². The van der Waals surface area contributed by atoms with Gasteiger partial charge in [0, 0.05) is 37.1 Å². The van der Waals surface area contributed by atoms with Crippen LogP contribution < -0.4 is 10.6 Å². The van der Waals surface area contributed by atoms with Crippen LogP contribution in [0.5, 0.6) is 0 Å². The molecule has 18 heavy (non-hydrogen) atoms.